The Morgan fingerprint density at radius 1 is 1.20 bits per heavy atom. The van der Waals surface area contributed by atoms with E-state index in [1.165, 1.54) is 0 Å². The summed E-state index contributed by atoms with van der Waals surface area (Å²) in [6.45, 7) is 1.48. The Kier molecular flexibility index (Phi) is 5.36. The summed E-state index contributed by atoms with van der Waals surface area (Å²) in [4.78, 5) is 12.8. The lowest BCUT2D eigenvalue weighted by molar-refractivity contribution is -0.130. The van der Waals surface area contributed by atoms with Gasteiger partial charge in [-0.3, -0.25) is 4.79 Å². The lowest BCUT2D eigenvalue weighted by atomic mass is 9.79. The fourth-order valence-corrected chi connectivity index (χ4v) is 3.20. The lowest BCUT2D eigenvalue weighted by Crippen LogP contribution is -2.46. The SMILES string of the molecule is COc1ccccc1-c1cccc(NC(=O)C2(CN)CCOCC2)c1. The molecule has 1 aliphatic rings. The molecule has 1 heterocycles. The third-order valence-electron chi connectivity index (χ3n) is 4.86. The number of hydrogen-bond acceptors (Lipinski definition) is 4. The van der Waals surface area contributed by atoms with Crippen LogP contribution < -0.4 is 15.8 Å². The molecule has 0 radical (unpaired) electrons. The monoisotopic (exact) mass is 340 g/mol. The van der Waals surface area contributed by atoms with Crippen molar-refractivity contribution in [2.24, 2.45) is 11.1 Å². The van der Waals surface area contributed by atoms with Crippen LogP contribution in [0.15, 0.2) is 48.5 Å². The van der Waals surface area contributed by atoms with E-state index in [2.05, 4.69) is 5.32 Å². The molecule has 2 aromatic carbocycles. The number of benzene rings is 2. The molecule has 132 valence electrons. The van der Waals surface area contributed by atoms with E-state index in [1.54, 1.807) is 7.11 Å². The number of ether oxygens (including phenoxy) is 2. The minimum Gasteiger partial charge on any atom is -0.496 e. The van der Waals surface area contributed by atoms with Gasteiger partial charge in [0.2, 0.25) is 5.91 Å². The van der Waals surface area contributed by atoms with E-state index in [0.717, 1.165) is 22.6 Å². The average molecular weight is 340 g/mol. The van der Waals surface area contributed by atoms with Gasteiger partial charge in [0.05, 0.1) is 12.5 Å². The summed E-state index contributed by atoms with van der Waals surface area (Å²) in [5, 5.41) is 3.04. The van der Waals surface area contributed by atoms with Crippen LogP contribution >= 0.6 is 0 Å². The highest BCUT2D eigenvalue weighted by molar-refractivity contribution is 5.96. The standard InChI is InChI=1S/C20H24N2O3/c1-24-18-8-3-2-7-17(18)15-5-4-6-16(13-15)22-19(23)20(14-21)9-11-25-12-10-20/h2-8,13H,9-12,14,21H2,1H3,(H,22,23). The second-order valence-electron chi connectivity index (χ2n) is 6.33. The summed E-state index contributed by atoms with van der Waals surface area (Å²) in [6.07, 6.45) is 1.31. The van der Waals surface area contributed by atoms with E-state index in [1.807, 2.05) is 48.5 Å². The van der Waals surface area contributed by atoms with E-state index >= 15 is 0 Å². The molecule has 1 amide bonds. The first-order valence-corrected chi connectivity index (χ1v) is 8.51. The maximum absolute atomic E-state index is 12.8. The largest absolute Gasteiger partial charge is 0.496 e. The average Bonchev–Trinajstić information content (AvgIpc) is 2.68. The summed E-state index contributed by atoms with van der Waals surface area (Å²) < 4.78 is 10.8. The fourth-order valence-electron chi connectivity index (χ4n) is 3.20. The topological polar surface area (TPSA) is 73.6 Å². The molecule has 0 saturated carbocycles. The summed E-state index contributed by atoms with van der Waals surface area (Å²) >= 11 is 0. The van der Waals surface area contributed by atoms with Crippen LogP contribution in [0.2, 0.25) is 0 Å². The third-order valence-corrected chi connectivity index (χ3v) is 4.86. The molecule has 1 aliphatic heterocycles. The van der Waals surface area contributed by atoms with Gasteiger partial charge in [-0.15, -0.1) is 0 Å². The van der Waals surface area contributed by atoms with Crippen molar-refractivity contribution in [1.82, 2.24) is 0 Å². The summed E-state index contributed by atoms with van der Waals surface area (Å²) in [5.41, 5.74) is 8.11. The van der Waals surface area contributed by atoms with Crippen LogP contribution in [0.5, 0.6) is 5.75 Å². The normalized spacial score (nSPS) is 16.2. The number of hydrogen-bond donors (Lipinski definition) is 2. The minimum atomic E-state index is -0.543. The predicted octanol–water partition coefficient (Wildman–Crippen LogP) is 3.06. The number of anilines is 1. The molecule has 0 unspecified atom stereocenters. The molecule has 5 nitrogen and oxygen atoms in total. The highest BCUT2D eigenvalue weighted by Gasteiger charge is 2.38. The molecule has 1 saturated heterocycles. The van der Waals surface area contributed by atoms with Gasteiger partial charge in [0.15, 0.2) is 0 Å². The first kappa shape index (κ1) is 17.5. The Morgan fingerprint density at radius 2 is 1.96 bits per heavy atom. The van der Waals surface area contributed by atoms with Crippen LogP contribution in [0.25, 0.3) is 11.1 Å². The van der Waals surface area contributed by atoms with Crippen molar-refractivity contribution in [3.8, 4) is 16.9 Å². The van der Waals surface area contributed by atoms with Crippen molar-refractivity contribution in [3.63, 3.8) is 0 Å². The van der Waals surface area contributed by atoms with Crippen LogP contribution in [-0.2, 0) is 9.53 Å². The molecule has 0 spiro atoms. The number of amides is 1. The highest BCUT2D eigenvalue weighted by atomic mass is 16.5. The molecular formula is C20H24N2O3. The van der Waals surface area contributed by atoms with Crippen molar-refractivity contribution in [3.05, 3.63) is 48.5 Å². The molecular weight excluding hydrogens is 316 g/mol. The van der Waals surface area contributed by atoms with Crippen LogP contribution in [0.1, 0.15) is 12.8 Å². The molecule has 3 rings (SSSR count). The summed E-state index contributed by atoms with van der Waals surface area (Å²) in [6, 6.07) is 15.6. The first-order chi connectivity index (χ1) is 12.2. The van der Waals surface area contributed by atoms with E-state index in [0.29, 0.717) is 32.6 Å². The second kappa shape index (κ2) is 7.68. The number of methoxy groups -OCH3 is 1. The molecule has 25 heavy (non-hydrogen) atoms. The molecule has 0 bridgehead atoms. The summed E-state index contributed by atoms with van der Waals surface area (Å²) in [7, 11) is 1.65. The van der Waals surface area contributed by atoms with Gasteiger partial charge in [-0.05, 0) is 36.6 Å². The van der Waals surface area contributed by atoms with Gasteiger partial charge in [-0.1, -0.05) is 30.3 Å². The number of nitrogens with two attached hydrogens (primary N) is 1. The van der Waals surface area contributed by atoms with Crippen LogP contribution in [0.4, 0.5) is 5.69 Å². The van der Waals surface area contributed by atoms with Crippen LogP contribution in [-0.4, -0.2) is 32.8 Å². The second-order valence-corrected chi connectivity index (χ2v) is 6.33. The molecule has 2 aromatic rings. The molecule has 0 aliphatic carbocycles. The fraction of sp³-hybridized carbons (Fsp3) is 0.350. The molecule has 5 heteroatoms. The van der Waals surface area contributed by atoms with Crippen molar-refractivity contribution in [2.75, 3.05) is 32.2 Å². The predicted molar refractivity (Wildman–Crippen MR) is 98.6 cm³/mol. The smallest absolute Gasteiger partial charge is 0.232 e. The third kappa shape index (κ3) is 3.67. The van der Waals surface area contributed by atoms with Crippen molar-refractivity contribution < 1.29 is 14.3 Å². The van der Waals surface area contributed by atoms with Gasteiger partial charge in [-0.2, -0.15) is 0 Å². The van der Waals surface area contributed by atoms with Crippen LogP contribution in [0.3, 0.4) is 0 Å². The van der Waals surface area contributed by atoms with Gasteiger partial charge in [0.25, 0.3) is 0 Å². The summed E-state index contributed by atoms with van der Waals surface area (Å²) in [5.74, 6) is 0.768. The zero-order valence-corrected chi connectivity index (χ0v) is 14.5. The zero-order chi connectivity index (χ0) is 17.7. The number of para-hydroxylation sites is 1. The quantitative estimate of drug-likeness (QED) is 0.877. The Labute approximate surface area is 148 Å². The Balaban J connectivity index is 1.83. The van der Waals surface area contributed by atoms with Gasteiger partial charge < -0.3 is 20.5 Å². The number of rotatable bonds is 5. The van der Waals surface area contributed by atoms with E-state index < -0.39 is 5.41 Å². The van der Waals surface area contributed by atoms with Gasteiger partial charge >= 0.3 is 0 Å². The Morgan fingerprint density at radius 3 is 2.68 bits per heavy atom. The number of carbonyl (C=O) groups is 1. The Hall–Kier alpha value is -2.37. The highest BCUT2D eigenvalue weighted by Crippen LogP contribution is 2.33. The van der Waals surface area contributed by atoms with Crippen molar-refractivity contribution in [1.29, 1.82) is 0 Å². The van der Waals surface area contributed by atoms with Gasteiger partial charge in [0.1, 0.15) is 5.75 Å². The maximum atomic E-state index is 12.8. The molecule has 0 atom stereocenters. The number of carbonyl (C=O) groups excluding carboxylic acids is 1. The van der Waals surface area contributed by atoms with E-state index in [4.69, 9.17) is 15.2 Å². The van der Waals surface area contributed by atoms with Crippen LogP contribution in [0, 0.1) is 5.41 Å². The van der Waals surface area contributed by atoms with E-state index in [9.17, 15) is 4.79 Å². The maximum Gasteiger partial charge on any atom is 0.232 e. The molecule has 3 N–H and O–H groups in total. The number of nitrogens with one attached hydrogen (secondary N) is 1. The Bertz CT molecular complexity index is 739. The minimum absolute atomic E-state index is 0.0320. The lowest BCUT2D eigenvalue weighted by Gasteiger charge is -2.34. The van der Waals surface area contributed by atoms with Gasteiger partial charge in [0, 0.05) is 31.0 Å². The van der Waals surface area contributed by atoms with E-state index in [-0.39, 0.29) is 5.91 Å². The van der Waals surface area contributed by atoms with Gasteiger partial charge in [-0.25, -0.2) is 0 Å². The van der Waals surface area contributed by atoms with Crippen molar-refractivity contribution in [2.45, 2.75) is 12.8 Å². The molecule has 0 aromatic heterocycles. The first-order valence-electron chi connectivity index (χ1n) is 8.51. The zero-order valence-electron chi connectivity index (χ0n) is 14.5. The van der Waals surface area contributed by atoms with Crippen molar-refractivity contribution >= 4 is 11.6 Å². The molecule has 1 fully saturated rings.